The van der Waals surface area contributed by atoms with Crippen LogP contribution in [0.1, 0.15) is 55.8 Å². The number of unbranched alkanes of at least 4 members (excludes halogenated alkanes) is 5. The van der Waals surface area contributed by atoms with Crippen molar-refractivity contribution in [2.45, 2.75) is 45.4 Å². The maximum atomic E-state index is 12.6. The van der Waals surface area contributed by atoms with Crippen LogP contribution in [0.4, 0.5) is 5.69 Å². The molecular weight excluding hydrogens is 346 g/mol. The summed E-state index contributed by atoms with van der Waals surface area (Å²) in [5.74, 6) is 0.703. The molecule has 28 heavy (non-hydrogen) atoms. The number of anilines is 1. The van der Waals surface area contributed by atoms with E-state index in [0.29, 0.717) is 5.56 Å². The zero-order valence-corrected chi connectivity index (χ0v) is 16.6. The minimum Gasteiger partial charge on any atom is -0.494 e. The summed E-state index contributed by atoms with van der Waals surface area (Å²) in [6, 6.07) is 21.3. The molecule has 3 aromatic carbocycles. The van der Waals surface area contributed by atoms with Gasteiger partial charge in [0.1, 0.15) is 5.75 Å². The molecule has 3 nitrogen and oxygen atoms in total. The van der Waals surface area contributed by atoms with Gasteiger partial charge < -0.3 is 10.1 Å². The maximum absolute atomic E-state index is 12.6. The van der Waals surface area contributed by atoms with E-state index in [9.17, 15) is 4.79 Å². The summed E-state index contributed by atoms with van der Waals surface area (Å²) in [6.45, 7) is 2.96. The first-order chi connectivity index (χ1) is 13.8. The molecule has 0 atom stereocenters. The monoisotopic (exact) mass is 375 g/mol. The molecule has 0 aromatic heterocycles. The van der Waals surface area contributed by atoms with Crippen LogP contribution in [0.3, 0.4) is 0 Å². The van der Waals surface area contributed by atoms with Gasteiger partial charge in [0.15, 0.2) is 0 Å². The van der Waals surface area contributed by atoms with Crippen molar-refractivity contribution >= 4 is 22.4 Å². The highest BCUT2D eigenvalue weighted by Gasteiger charge is 2.08. The van der Waals surface area contributed by atoms with Gasteiger partial charge in [-0.1, -0.05) is 75.4 Å². The number of carbonyl (C=O) groups excluding carboxylic acids is 1. The van der Waals surface area contributed by atoms with Crippen LogP contribution in [0.5, 0.6) is 5.75 Å². The van der Waals surface area contributed by atoms with Gasteiger partial charge in [-0.25, -0.2) is 0 Å². The quantitative estimate of drug-likeness (QED) is 0.394. The smallest absolute Gasteiger partial charge is 0.255 e. The van der Waals surface area contributed by atoms with E-state index in [2.05, 4.69) is 12.2 Å². The van der Waals surface area contributed by atoms with Crippen LogP contribution in [0, 0.1) is 0 Å². The lowest BCUT2D eigenvalue weighted by Crippen LogP contribution is -2.12. The van der Waals surface area contributed by atoms with Crippen LogP contribution in [-0.4, -0.2) is 12.5 Å². The molecule has 1 N–H and O–H groups in total. The van der Waals surface area contributed by atoms with E-state index >= 15 is 0 Å². The van der Waals surface area contributed by atoms with Crippen LogP contribution in [-0.2, 0) is 0 Å². The first-order valence-corrected chi connectivity index (χ1v) is 10.3. The van der Waals surface area contributed by atoms with Gasteiger partial charge in [-0.2, -0.15) is 0 Å². The van der Waals surface area contributed by atoms with Crippen LogP contribution in [0.25, 0.3) is 10.8 Å². The number of nitrogens with one attached hydrogen (secondary N) is 1. The third kappa shape index (κ3) is 5.59. The Bertz CT molecular complexity index is 881. The largest absolute Gasteiger partial charge is 0.494 e. The van der Waals surface area contributed by atoms with E-state index in [4.69, 9.17) is 4.74 Å². The summed E-state index contributed by atoms with van der Waals surface area (Å²) < 4.78 is 5.79. The second-order valence-electron chi connectivity index (χ2n) is 7.12. The SMILES string of the molecule is CCCCCCCCOc1ccc(C(=O)Nc2cccc3ccccc23)cc1. The summed E-state index contributed by atoms with van der Waals surface area (Å²) >= 11 is 0. The van der Waals surface area contributed by atoms with E-state index in [-0.39, 0.29) is 5.91 Å². The van der Waals surface area contributed by atoms with Gasteiger partial charge in [0.2, 0.25) is 0 Å². The van der Waals surface area contributed by atoms with Crippen molar-refractivity contribution in [2.24, 2.45) is 0 Å². The molecule has 3 rings (SSSR count). The van der Waals surface area contributed by atoms with Gasteiger partial charge in [-0.15, -0.1) is 0 Å². The summed E-state index contributed by atoms with van der Waals surface area (Å²) in [6.07, 6.45) is 7.49. The molecule has 3 aromatic rings. The first-order valence-electron chi connectivity index (χ1n) is 10.3. The molecule has 0 unspecified atom stereocenters. The standard InChI is InChI=1S/C25H29NO2/c1-2-3-4-5-6-9-19-28-22-17-15-21(16-18-22)25(27)26-24-14-10-12-20-11-7-8-13-23(20)24/h7-8,10-18H,2-6,9,19H2,1H3,(H,26,27). The predicted octanol–water partition coefficient (Wildman–Crippen LogP) is 6.83. The van der Waals surface area contributed by atoms with Crippen LogP contribution in [0.15, 0.2) is 66.7 Å². The minimum absolute atomic E-state index is 0.112. The van der Waals surface area contributed by atoms with Gasteiger partial charge in [-0.05, 0) is 42.1 Å². The fourth-order valence-corrected chi connectivity index (χ4v) is 3.30. The zero-order chi connectivity index (χ0) is 19.6. The number of carbonyl (C=O) groups is 1. The number of amides is 1. The lowest BCUT2D eigenvalue weighted by Gasteiger charge is -2.10. The van der Waals surface area contributed by atoms with Gasteiger partial charge in [0.25, 0.3) is 5.91 Å². The minimum atomic E-state index is -0.112. The molecule has 0 saturated heterocycles. The van der Waals surface area contributed by atoms with Gasteiger partial charge >= 0.3 is 0 Å². The topological polar surface area (TPSA) is 38.3 Å². The summed E-state index contributed by atoms with van der Waals surface area (Å²) in [5, 5.41) is 5.17. The molecular formula is C25H29NO2. The van der Waals surface area contributed by atoms with E-state index in [0.717, 1.165) is 35.2 Å². The van der Waals surface area contributed by atoms with E-state index in [1.165, 1.54) is 32.1 Å². The lowest BCUT2D eigenvalue weighted by molar-refractivity contribution is 0.102. The number of hydrogen-bond acceptors (Lipinski definition) is 2. The van der Waals surface area contributed by atoms with Crippen molar-refractivity contribution in [2.75, 3.05) is 11.9 Å². The Morgan fingerprint density at radius 2 is 1.54 bits per heavy atom. The number of ether oxygens (including phenoxy) is 1. The van der Waals surface area contributed by atoms with E-state index in [1.807, 2.05) is 66.7 Å². The van der Waals surface area contributed by atoms with E-state index in [1.54, 1.807) is 0 Å². The number of fused-ring (bicyclic) bond motifs is 1. The lowest BCUT2D eigenvalue weighted by atomic mass is 10.1. The van der Waals surface area contributed by atoms with Crippen molar-refractivity contribution in [1.82, 2.24) is 0 Å². The molecule has 0 saturated carbocycles. The highest BCUT2D eigenvalue weighted by Crippen LogP contribution is 2.24. The van der Waals surface area contributed by atoms with Crippen molar-refractivity contribution in [3.63, 3.8) is 0 Å². The molecule has 0 aliphatic carbocycles. The highest BCUT2D eigenvalue weighted by molar-refractivity contribution is 6.09. The molecule has 0 fully saturated rings. The fraction of sp³-hybridized carbons (Fsp3) is 0.320. The number of hydrogen-bond donors (Lipinski definition) is 1. The van der Waals surface area contributed by atoms with Crippen molar-refractivity contribution in [3.05, 3.63) is 72.3 Å². The molecule has 0 bridgehead atoms. The van der Waals surface area contributed by atoms with Crippen molar-refractivity contribution in [1.29, 1.82) is 0 Å². The Balaban J connectivity index is 1.51. The Morgan fingerprint density at radius 1 is 0.821 bits per heavy atom. The number of rotatable bonds is 10. The zero-order valence-electron chi connectivity index (χ0n) is 16.6. The normalized spacial score (nSPS) is 10.8. The fourth-order valence-electron chi connectivity index (χ4n) is 3.30. The average molecular weight is 376 g/mol. The highest BCUT2D eigenvalue weighted by atomic mass is 16.5. The molecule has 0 radical (unpaired) electrons. The third-order valence-corrected chi connectivity index (χ3v) is 4.92. The van der Waals surface area contributed by atoms with Crippen molar-refractivity contribution in [3.8, 4) is 5.75 Å². The molecule has 0 heterocycles. The van der Waals surface area contributed by atoms with Crippen molar-refractivity contribution < 1.29 is 9.53 Å². The second-order valence-corrected chi connectivity index (χ2v) is 7.12. The third-order valence-electron chi connectivity index (χ3n) is 4.92. The molecule has 0 spiro atoms. The molecule has 146 valence electrons. The molecule has 1 amide bonds. The summed E-state index contributed by atoms with van der Waals surface area (Å²) in [5.41, 5.74) is 1.45. The molecule has 0 aliphatic heterocycles. The van der Waals surface area contributed by atoms with Gasteiger partial charge in [0.05, 0.1) is 6.61 Å². The maximum Gasteiger partial charge on any atom is 0.255 e. The Hall–Kier alpha value is -2.81. The Labute approximate surface area is 167 Å². The first kappa shape index (κ1) is 19.9. The van der Waals surface area contributed by atoms with Crippen LogP contribution < -0.4 is 10.1 Å². The van der Waals surface area contributed by atoms with Gasteiger partial charge in [0, 0.05) is 16.6 Å². The molecule has 0 aliphatic rings. The van der Waals surface area contributed by atoms with E-state index < -0.39 is 0 Å². The second kappa shape index (κ2) is 10.5. The Morgan fingerprint density at radius 3 is 2.36 bits per heavy atom. The summed E-state index contributed by atoms with van der Waals surface area (Å²) in [4.78, 5) is 12.6. The summed E-state index contributed by atoms with van der Waals surface area (Å²) in [7, 11) is 0. The molecule has 3 heteroatoms. The number of benzene rings is 3. The van der Waals surface area contributed by atoms with Crippen LogP contribution >= 0.6 is 0 Å². The average Bonchev–Trinajstić information content (AvgIpc) is 2.74. The van der Waals surface area contributed by atoms with Crippen LogP contribution in [0.2, 0.25) is 0 Å². The predicted molar refractivity (Wildman–Crippen MR) is 117 cm³/mol. The Kier molecular flexibility index (Phi) is 7.48. The van der Waals surface area contributed by atoms with Gasteiger partial charge in [-0.3, -0.25) is 4.79 Å².